The van der Waals surface area contributed by atoms with Gasteiger partial charge in [-0.05, 0) is 48.5 Å². The maximum absolute atomic E-state index is 12.6. The first-order valence-corrected chi connectivity index (χ1v) is 9.58. The summed E-state index contributed by atoms with van der Waals surface area (Å²) in [5.41, 5.74) is 2.53. The summed E-state index contributed by atoms with van der Waals surface area (Å²) in [7, 11) is 0. The third-order valence-corrected chi connectivity index (χ3v) is 5.11. The molecule has 0 fully saturated rings. The van der Waals surface area contributed by atoms with E-state index in [1.807, 2.05) is 12.1 Å². The molecule has 148 valence electrons. The fourth-order valence-corrected chi connectivity index (χ4v) is 3.59. The number of rotatable bonds is 5. The number of carbonyl (C=O) groups is 2. The van der Waals surface area contributed by atoms with Crippen LogP contribution in [0.5, 0.6) is 5.75 Å². The Morgan fingerprint density at radius 2 is 1.90 bits per heavy atom. The van der Waals surface area contributed by atoms with Crippen LogP contribution in [0.25, 0.3) is 17.0 Å². The van der Waals surface area contributed by atoms with Crippen molar-refractivity contribution in [3.63, 3.8) is 0 Å². The minimum Gasteiger partial charge on any atom is -0.488 e. The van der Waals surface area contributed by atoms with E-state index in [0.29, 0.717) is 32.6 Å². The number of fused-ring (bicyclic) bond motifs is 2. The molecule has 0 aliphatic carbocycles. The van der Waals surface area contributed by atoms with Gasteiger partial charge in [0.1, 0.15) is 18.4 Å². The average Bonchev–Trinajstić information content (AvgIpc) is 3.08. The highest BCUT2D eigenvalue weighted by Crippen LogP contribution is 2.29. The van der Waals surface area contributed by atoms with Crippen LogP contribution in [0.15, 0.2) is 48.0 Å². The van der Waals surface area contributed by atoms with E-state index >= 15 is 0 Å². The van der Waals surface area contributed by atoms with E-state index in [9.17, 15) is 14.7 Å². The number of aliphatic carboxylic acids is 1. The van der Waals surface area contributed by atoms with Gasteiger partial charge in [0.25, 0.3) is 5.91 Å². The Morgan fingerprint density at radius 1 is 1.14 bits per heavy atom. The lowest BCUT2D eigenvalue weighted by Crippen LogP contribution is -2.43. The number of halogens is 2. The van der Waals surface area contributed by atoms with Gasteiger partial charge in [-0.25, -0.2) is 4.79 Å². The van der Waals surface area contributed by atoms with Gasteiger partial charge in [-0.1, -0.05) is 23.2 Å². The first-order chi connectivity index (χ1) is 13.9. The zero-order valence-electron chi connectivity index (χ0n) is 15.0. The van der Waals surface area contributed by atoms with Crippen LogP contribution in [0.1, 0.15) is 11.3 Å². The van der Waals surface area contributed by atoms with Gasteiger partial charge in [0.15, 0.2) is 0 Å². The van der Waals surface area contributed by atoms with Crippen molar-refractivity contribution in [1.29, 1.82) is 0 Å². The van der Waals surface area contributed by atoms with E-state index in [1.54, 1.807) is 36.4 Å². The number of ether oxygens (including phenoxy) is 1. The average molecular weight is 431 g/mol. The van der Waals surface area contributed by atoms with Crippen LogP contribution in [0.3, 0.4) is 0 Å². The number of hydrogen-bond donors (Lipinski definition) is 3. The van der Waals surface area contributed by atoms with Crippen LogP contribution in [0.4, 0.5) is 0 Å². The Balaban J connectivity index is 1.52. The number of nitrogens with one attached hydrogen (secondary N) is 2. The zero-order valence-corrected chi connectivity index (χ0v) is 16.6. The standard InChI is InChI=1S/C21H16Cl2N2O4/c22-14-1-3-17-11(6-14)8-16(24-17)9-18(21(27)28)25-20(26)13-5-12-7-15(23)2-4-19(12)29-10-13/h1-8,18,24H,9-10H2,(H,25,26)(H,27,28)/t18-/m1/s1. The van der Waals surface area contributed by atoms with Gasteiger partial charge in [-0.3, -0.25) is 4.79 Å². The molecule has 1 aliphatic rings. The first-order valence-electron chi connectivity index (χ1n) is 8.83. The molecular weight excluding hydrogens is 415 g/mol. The van der Waals surface area contributed by atoms with E-state index in [2.05, 4.69) is 10.3 Å². The zero-order chi connectivity index (χ0) is 20.5. The number of carboxylic acid groups (broad SMARTS) is 1. The molecule has 0 unspecified atom stereocenters. The fourth-order valence-electron chi connectivity index (χ4n) is 3.22. The van der Waals surface area contributed by atoms with Gasteiger partial charge in [-0.2, -0.15) is 0 Å². The number of carboxylic acids is 1. The van der Waals surface area contributed by atoms with E-state index < -0.39 is 17.9 Å². The van der Waals surface area contributed by atoms with Gasteiger partial charge < -0.3 is 20.1 Å². The molecule has 1 amide bonds. The molecule has 1 atom stereocenters. The fraction of sp³-hybridized carbons (Fsp3) is 0.143. The number of amides is 1. The molecule has 0 saturated heterocycles. The second-order valence-electron chi connectivity index (χ2n) is 6.73. The highest BCUT2D eigenvalue weighted by Gasteiger charge is 2.25. The van der Waals surface area contributed by atoms with Crippen LogP contribution in [-0.2, 0) is 16.0 Å². The lowest BCUT2D eigenvalue weighted by atomic mass is 10.1. The Morgan fingerprint density at radius 3 is 2.69 bits per heavy atom. The van der Waals surface area contributed by atoms with Gasteiger partial charge in [-0.15, -0.1) is 0 Å². The maximum atomic E-state index is 12.6. The normalized spacial score (nSPS) is 13.9. The topological polar surface area (TPSA) is 91.4 Å². The van der Waals surface area contributed by atoms with Crippen LogP contribution < -0.4 is 10.1 Å². The summed E-state index contributed by atoms with van der Waals surface area (Å²) in [5.74, 6) is -1.00. The third kappa shape index (κ3) is 4.23. The van der Waals surface area contributed by atoms with E-state index in [-0.39, 0.29) is 13.0 Å². The lowest BCUT2D eigenvalue weighted by Gasteiger charge is -2.20. The number of benzene rings is 2. The summed E-state index contributed by atoms with van der Waals surface area (Å²) in [6.07, 6.45) is 1.76. The minimum atomic E-state index is -1.13. The molecule has 0 bridgehead atoms. The van der Waals surface area contributed by atoms with Crippen molar-refractivity contribution in [1.82, 2.24) is 10.3 Å². The monoisotopic (exact) mass is 430 g/mol. The Hall–Kier alpha value is -2.96. The summed E-state index contributed by atoms with van der Waals surface area (Å²) in [4.78, 5) is 27.5. The van der Waals surface area contributed by atoms with Crippen LogP contribution in [0, 0.1) is 0 Å². The molecule has 1 aliphatic heterocycles. The van der Waals surface area contributed by atoms with Crippen LogP contribution >= 0.6 is 23.2 Å². The summed E-state index contributed by atoms with van der Waals surface area (Å²) in [6.45, 7) is 0.0533. The maximum Gasteiger partial charge on any atom is 0.326 e. The smallest absolute Gasteiger partial charge is 0.326 e. The predicted octanol–water partition coefficient (Wildman–Crippen LogP) is 4.06. The summed E-state index contributed by atoms with van der Waals surface area (Å²) >= 11 is 12.0. The highest BCUT2D eigenvalue weighted by molar-refractivity contribution is 6.31. The van der Waals surface area contributed by atoms with Gasteiger partial charge in [0.05, 0.1) is 5.57 Å². The molecule has 4 rings (SSSR count). The van der Waals surface area contributed by atoms with Gasteiger partial charge in [0.2, 0.25) is 0 Å². The van der Waals surface area contributed by atoms with Crippen molar-refractivity contribution in [2.24, 2.45) is 0 Å². The summed E-state index contributed by atoms with van der Waals surface area (Å²) in [6, 6.07) is 11.2. The molecule has 2 aromatic carbocycles. The van der Waals surface area contributed by atoms with Gasteiger partial charge in [0, 0.05) is 38.6 Å². The quantitative estimate of drug-likeness (QED) is 0.568. The molecule has 6 nitrogen and oxygen atoms in total. The molecule has 3 aromatic rings. The summed E-state index contributed by atoms with van der Waals surface area (Å²) < 4.78 is 5.57. The Labute approximate surface area is 176 Å². The first kappa shape index (κ1) is 19.4. The van der Waals surface area contributed by atoms with Crippen LogP contribution in [0.2, 0.25) is 10.0 Å². The molecule has 0 saturated carbocycles. The number of hydrogen-bond acceptors (Lipinski definition) is 3. The second kappa shape index (κ2) is 7.81. The Bertz CT molecular complexity index is 1150. The molecule has 1 aromatic heterocycles. The van der Waals surface area contributed by atoms with Crippen LogP contribution in [-0.4, -0.2) is 34.6 Å². The van der Waals surface area contributed by atoms with E-state index in [0.717, 1.165) is 10.9 Å². The van der Waals surface area contributed by atoms with Crippen molar-refractivity contribution in [3.8, 4) is 5.75 Å². The molecule has 2 heterocycles. The second-order valence-corrected chi connectivity index (χ2v) is 7.61. The van der Waals surface area contributed by atoms with Crippen molar-refractivity contribution < 1.29 is 19.4 Å². The molecule has 29 heavy (non-hydrogen) atoms. The molecule has 0 spiro atoms. The molecule has 3 N–H and O–H groups in total. The highest BCUT2D eigenvalue weighted by atomic mass is 35.5. The Kier molecular flexibility index (Phi) is 5.22. The van der Waals surface area contributed by atoms with E-state index in [1.165, 1.54) is 0 Å². The number of aromatic amines is 1. The van der Waals surface area contributed by atoms with E-state index in [4.69, 9.17) is 27.9 Å². The lowest BCUT2D eigenvalue weighted by molar-refractivity contribution is -0.141. The SMILES string of the molecule is O=C(N[C@H](Cc1cc2cc(Cl)ccc2[nH]1)C(=O)O)C1=Cc2cc(Cl)ccc2OC1. The number of aromatic nitrogens is 1. The molecule has 0 radical (unpaired) electrons. The summed E-state index contributed by atoms with van der Waals surface area (Å²) in [5, 5.41) is 14.1. The minimum absolute atomic E-state index is 0.0533. The third-order valence-electron chi connectivity index (χ3n) is 4.64. The van der Waals surface area contributed by atoms with Gasteiger partial charge >= 0.3 is 5.97 Å². The van der Waals surface area contributed by atoms with Crippen molar-refractivity contribution in [2.75, 3.05) is 6.61 Å². The predicted molar refractivity (Wildman–Crippen MR) is 112 cm³/mol. The van der Waals surface area contributed by atoms with Crippen molar-refractivity contribution in [3.05, 3.63) is 69.3 Å². The largest absolute Gasteiger partial charge is 0.488 e. The molecular formula is C21H16Cl2N2O4. The molecule has 8 heteroatoms. The van der Waals surface area contributed by atoms with Crippen molar-refractivity contribution >= 4 is 52.1 Å². The van der Waals surface area contributed by atoms with Crippen molar-refractivity contribution in [2.45, 2.75) is 12.5 Å². The number of H-pyrrole nitrogens is 1. The number of carbonyl (C=O) groups excluding carboxylic acids is 1.